The van der Waals surface area contributed by atoms with Crippen LogP contribution in [-0.2, 0) is 17.8 Å². The van der Waals surface area contributed by atoms with Crippen LogP contribution >= 0.6 is 40.1 Å². The van der Waals surface area contributed by atoms with Crippen molar-refractivity contribution in [2.45, 2.75) is 25.4 Å². The van der Waals surface area contributed by atoms with Crippen molar-refractivity contribution in [3.8, 4) is 0 Å². The second kappa shape index (κ2) is 8.27. The molecular formula is C14H20BrClN2OS. The van der Waals surface area contributed by atoms with Crippen LogP contribution in [0.25, 0.3) is 0 Å². The van der Waals surface area contributed by atoms with Crippen LogP contribution in [-0.4, -0.2) is 35.4 Å². The van der Waals surface area contributed by atoms with Crippen molar-refractivity contribution in [3.63, 3.8) is 0 Å². The number of amides is 1. The lowest BCUT2D eigenvalue weighted by Crippen LogP contribution is -2.46. The number of rotatable bonds is 4. The van der Waals surface area contributed by atoms with E-state index in [0.29, 0.717) is 6.54 Å². The lowest BCUT2D eigenvalue weighted by atomic mass is 9.99. The summed E-state index contributed by atoms with van der Waals surface area (Å²) in [5.41, 5.74) is 8.53. The summed E-state index contributed by atoms with van der Waals surface area (Å²) in [4.78, 5) is 14.2. The number of hydrogen-bond acceptors (Lipinski definition) is 3. The quantitative estimate of drug-likeness (QED) is 0.875. The standard InChI is InChI=1S/C14H19BrN2OS.ClH/c1-19-8-6-13(16)14(18)17-7-5-10-3-2-4-12(15)11(10)9-17;/h2-4,13H,5-9,16H2,1H3;1H/t13-;/m0./s1. The molecule has 0 unspecified atom stereocenters. The number of carbonyl (C=O) groups excluding carboxylic acids is 1. The van der Waals surface area contributed by atoms with Gasteiger partial charge in [0, 0.05) is 17.6 Å². The van der Waals surface area contributed by atoms with Gasteiger partial charge in [0.15, 0.2) is 0 Å². The van der Waals surface area contributed by atoms with Crippen LogP contribution in [0.3, 0.4) is 0 Å². The zero-order valence-electron chi connectivity index (χ0n) is 11.5. The van der Waals surface area contributed by atoms with Crippen molar-refractivity contribution in [1.29, 1.82) is 0 Å². The first-order valence-electron chi connectivity index (χ1n) is 6.43. The van der Waals surface area contributed by atoms with Gasteiger partial charge in [-0.2, -0.15) is 11.8 Å². The molecule has 1 aromatic carbocycles. The normalized spacial score (nSPS) is 15.2. The fraction of sp³-hybridized carbons (Fsp3) is 0.500. The van der Waals surface area contributed by atoms with E-state index in [-0.39, 0.29) is 24.4 Å². The highest BCUT2D eigenvalue weighted by Gasteiger charge is 2.25. The molecule has 1 aliphatic rings. The molecule has 2 N–H and O–H groups in total. The average Bonchev–Trinajstić information content (AvgIpc) is 2.44. The Labute approximate surface area is 139 Å². The summed E-state index contributed by atoms with van der Waals surface area (Å²) >= 11 is 5.29. The van der Waals surface area contributed by atoms with Crippen molar-refractivity contribution < 1.29 is 4.79 Å². The van der Waals surface area contributed by atoms with Crippen LogP contribution < -0.4 is 5.73 Å². The van der Waals surface area contributed by atoms with Crippen LogP contribution in [0.2, 0.25) is 0 Å². The first-order chi connectivity index (χ1) is 9.13. The molecule has 0 saturated heterocycles. The monoisotopic (exact) mass is 378 g/mol. The lowest BCUT2D eigenvalue weighted by Gasteiger charge is -2.31. The van der Waals surface area contributed by atoms with Gasteiger partial charge >= 0.3 is 0 Å². The molecule has 20 heavy (non-hydrogen) atoms. The maximum Gasteiger partial charge on any atom is 0.239 e. The molecule has 0 aromatic heterocycles. The number of thioether (sulfide) groups is 1. The predicted molar refractivity (Wildman–Crippen MR) is 91.5 cm³/mol. The SMILES string of the molecule is CSCC[C@H](N)C(=O)N1CCc2cccc(Br)c2C1.Cl. The molecule has 0 saturated carbocycles. The highest BCUT2D eigenvalue weighted by molar-refractivity contribution is 9.10. The zero-order chi connectivity index (χ0) is 13.8. The van der Waals surface area contributed by atoms with Gasteiger partial charge in [0.05, 0.1) is 6.04 Å². The van der Waals surface area contributed by atoms with Gasteiger partial charge in [0.2, 0.25) is 5.91 Å². The van der Waals surface area contributed by atoms with E-state index >= 15 is 0 Å². The van der Waals surface area contributed by atoms with Gasteiger partial charge in [-0.3, -0.25) is 4.79 Å². The Hall–Kier alpha value is -0.230. The molecule has 2 rings (SSSR count). The van der Waals surface area contributed by atoms with Gasteiger partial charge in [0.25, 0.3) is 0 Å². The minimum absolute atomic E-state index is 0. The van der Waals surface area contributed by atoms with E-state index in [1.807, 2.05) is 23.3 Å². The predicted octanol–water partition coefficient (Wildman–Crippen LogP) is 2.84. The number of halogens is 2. The average molecular weight is 380 g/mol. The number of fused-ring (bicyclic) bond motifs is 1. The minimum atomic E-state index is -0.364. The van der Waals surface area contributed by atoms with E-state index in [9.17, 15) is 4.79 Å². The minimum Gasteiger partial charge on any atom is -0.337 e. The van der Waals surface area contributed by atoms with Gasteiger partial charge in [-0.15, -0.1) is 12.4 Å². The van der Waals surface area contributed by atoms with Crippen molar-refractivity contribution in [1.82, 2.24) is 4.90 Å². The molecule has 1 aliphatic heterocycles. The third-order valence-electron chi connectivity index (χ3n) is 3.48. The molecule has 0 bridgehead atoms. The maximum atomic E-state index is 12.3. The summed E-state index contributed by atoms with van der Waals surface area (Å²) in [5.74, 6) is 1.01. The first kappa shape index (κ1) is 17.8. The summed E-state index contributed by atoms with van der Waals surface area (Å²) in [7, 11) is 0. The Morgan fingerprint density at radius 2 is 2.30 bits per heavy atom. The summed E-state index contributed by atoms with van der Waals surface area (Å²) in [5, 5.41) is 0. The zero-order valence-corrected chi connectivity index (χ0v) is 14.7. The van der Waals surface area contributed by atoms with Gasteiger partial charge in [-0.25, -0.2) is 0 Å². The summed E-state index contributed by atoms with van der Waals surface area (Å²) < 4.78 is 1.08. The fourth-order valence-corrected chi connectivity index (χ4v) is 3.35. The van der Waals surface area contributed by atoms with Crippen LogP contribution in [0.4, 0.5) is 0 Å². The number of carbonyl (C=O) groups is 1. The second-order valence-corrected chi connectivity index (χ2v) is 6.62. The molecule has 112 valence electrons. The molecule has 6 heteroatoms. The van der Waals surface area contributed by atoms with Crippen LogP contribution in [0, 0.1) is 0 Å². The first-order valence-corrected chi connectivity index (χ1v) is 8.61. The Balaban J connectivity index is 0.00000200. The van der Waals surface area contributed by atoms with Crippen LogP contribution in [0.15, 0.2) is 22.7 Å². The molecule has 1 aromatic rings. The number of nitrogens with zero attached hydrogens (tertiary/aromatic N) is 1. The number of hydrogen-bond donors (Lipinski definition) is 1. The smallest absolute Gasteiger partial charge is 0.239 e. The fourth-order valence-electron chi connectivity index (χ4n) is 2.33. The summed E-state index contributed by atoms with van der Waals surface area (Å²) in [6, 6.07) is 5.84. The van der Waals surface area contributed by atoms with Gasteiger partial charge in [0.1, 0.15) is 0 Å². The molecular weight excluding hydrogens is 360 g/mol. The molecule has 0 fully saturated rings. The second-order valence-electron chi connectivity index (χ2n) is 4.78. The van der Waals surface area contributed by atoms with Crippen LogP contribution in [0.5, 0.6) is 0 Å². The van der Waals surface area contributed by atoms with Gasteiger partial charge in [-0.05, 0) is 42.0 Å². The van der Waals surface area contributed by atoms with E-state index in [0.717, 1.165) is 29.6 Å². The Morgan fingerprint density at radius 3 is 3.00 bits per heavy atom. The van der Waals surface area contributed by atoms with E-state index in [2.05, 4.69) is 22.0 Å². The van der Waals surface area contributed by atoms with E-state index < -0.39 is 0 Å². The number of benzene rings is 1. The summed E-state index contributed by atoms with van der Waals surface area (Å²) in [6.07, 6.45) is 3.69. The van der Waals surface area contributed by atoms with Crippen molar-refractivity contribution in [2.24, 2.45) is 5.73 Å². The third kappa shape index (κ3) is 4.13. The Kier molecular flexibility index (Phi) is 7.37. The highest BCUT2D eigenvalue weighted by atomic mass is 79.9. The Bertz CT molecular complexity index is 472. The molecule has 0 aliphatic carbocycles. The largest absolute Gasteiger partial charge is 0.337 e. The van der Waals surface area contributed by atoms with Crippen LogP contribution in [0.1, 0.15) is 17.5 Å². The topological polar surface area (TPSA) is 46.3 Å². The molecule has 3 nitrogen and oxygen atoms in total. The molecule has 0 radical (unpaired) electrons. The molecule has 0 spiro atoms. The lowest BCUT2D eigenvalue weighted by molar-refractivity contribution is -0.133. The van der Waals surface area contributed by atoms with E-state index in [4.69, 9.17) is 5.73 Å². The summed E-state index contributed by atoms with van der Waals surface area (Å²) in [6.45, 7) is 1.44. The Morgan fingerprint density at radius 1 is 1.55 bits per heavy atom. The van der Waals surface area contributed by atoms with E-state index in [1.165, 1.54) is 11.1 Å². The highest BCUT2D eigenvalue weighted by Crippen LogP contribution is 2.26. The third-order valence-corrected chi connectivity index (χ3v) is 4.86. The van der Waals surface area contributed by atoms with Gasteiger partial charge in [-0.1, -0.05) is 28.1 Å². The van der Waals surface area contributed by atoms with Gasteiger partial charge < -0.3 is 10.6 Å². The van der Waals surface area contributed by atoms with E-state index in [1.54, 1.807) is 11.8 Å². The molecule has 1 amide bonds. The van der Waals surface area contributed by atoms with Crippen molar-refractivity contribution in [3.05, 3.63) is 33.8 Å². The number of nitrogens with two attached hydrogens (primary N) is 1. The molecule has 1 atom stereocenters. The molecule has 1 heterocycles. The van der Waals surface area contributed by atoms with Crippen molar-refractivity contribution in [2.75, 3.05) is 18.6 Å². The maximum absolute atomic E-state index is 12.3. The van der Waals surface area contributed by atoms with Crippen molar-refractivity contribution >= 4 is 46.0 Å².